The summed E-state index contributed by atoms with van der Waals surface area (Å²) in [6, 6.07) is 15.2. The van der Waals surface area contributed by atoms with Crippen molar-refractivity contribution in [2.75, 3.05) is 5.32 Å². The molecule has 3 aromatic rings. The summed E-state index contributed by atoms with van der Waals surface area (Å²) in [5.74, 6) is 0. The topological polar surface area (TPSA) is 12.0 Å². The lowest BCUT2D eigenvalue weighted by molar-refractivity contribution is 0.951. The number of thiophene rings is 1. The summed E-state index contributed by atoms with van der Waals surface area (Å²) in [6.07, 6.45) is 1.96. The molecule has 2 heteroatoms. The van der Waals surface area contributed by atoms with E-state index in [9.17, 15) is 0 Å². The molecule has 0 atom stereocenters. The van der Waals surface area contributed by atoms with E-state index in [1.54, 1.807) is 0 Å². The molecule has 0 bridgehead atoms. The van der Waals surface area contributed by atoms with E-state index in [4.69, 9.17) is 0 Å². The van der Waals surface area contributed by atoms with Crippen LogP contribution >= 0.6 is 11.3 Å². The minimum Gasteiger partial charge on any atom is -0.358 e. The average molecular weight is 321 g/mol. The lowest BCUT2D eigenvalue weighted by atomic mass is 10.0. The fourth-order valence-electron chi connectivity index (χ4n) is 2.91. The second-order valence-corrected chi connectivity index (χ2v) is 7.55. The van der Waals surface area contributed by atoms with Crippen LogP contribution in [0, 0.1) is 20.8 Å². The molecular weight excluding hydrogens is 298 g/mol. The van der Waals surface area contributed by atoms with Crippen molar-refractivity contribution in [3.05, 3.63) is 75.6 Å². The number of anilines is 1. The zero-order valence-corrected chi connectivity index (χ0v) is 14.9. The highest BCUT2D eigenvalue weighted by Gasteiger charge is 2.09. The third kappa shape index (κ3) is 3.48. The number of hydrogen-bond acceptors (Lipinski definition) is 2. The first-order valence-corrected chi connectivity index (χ1v) is 8.85. The van der Waals surface area contributed by atoms with Gasteiger partial charge in [-0.1, -0.05) is 49.0 Å². The van der Waals surface area contributed by atoms with E-state index >= 15 is 0 Å². The van der Waals surface area contributed by atoms with Gasteiger partial charge in [0, 0.05) is 15.5 Å². The summed E-state index contributed by atoms with van der Waals surface area (Å²) in [7, 11) is 0. The summed E-state index contributed by atoms with van der Waals surface area (Å²) in [5, 5.41) is 6.13. The predicted molar refractivity (Wildman–Crippen MR) is 104 cm³/mol. The largest absolute Gasteiger partial charge is 0.358 e. The zero-order chi connectivity index (χ0) is 16.4. The second-order valence-electron chi connectivity index (χ2n) is 6.12. The summed E-state index contributed by atoms with van der Waals surface area (Å²) >= 11 is 1.85. The highest BCUT2D eigenvalue weighted by atomic mass is 32.1. The van der Waals surface area contributed by atoms with Crippen LogP contribution in [0.3, 0.4) is 0 Å². The van der Waals surface area contributed by atoms with Crippen LogP contribution in [0.4, 0.5) is 5.69 Å². The standard InChI is InChI=1S/C21H23NS/c1-14(22-21-15(2)16(3)23-17(21)4)9-10-18-11-12-19-7-5-6-8-20(19)13-18/h5-8,11-13,22H,1,9-10H2,2-4H3. The Hall–Kier alpha value is -2.06. The van der Waals surface area contributed by atoms with Gasteiger partial charge in [-0.25, -0.2) is 0 Å². The van der Waals surface area contributed by atoms with Crippen LogP contribution in [0.5, 0.6) is 0 Å². The summed E-state index contributed by atoms with van der Waals surface area (Å²) in [6.45, 7) is 10.7. The first-order chi connectivity index (χ1) is 11.0. The quantitative estimate of drug-likeness (QED) is 0.574. The van der Waals surface area contributed by atoms with Gasteiger partial charge in [-0.2, -0.15) is 0 Å². The molecule has 0 aliphatic rings. The highest BCUT2D eigenvalue weighted by Crippen LogP contribution is 2.32. The molecule has 0 unspecified atom stereocenters. The molecule has 0 spiro atoms. The van der Waals surface area contributed by atoms with Gasteiger partial charge < -0.3 is 5.32 Å². The fraction of sp³-hybridized carbons (Fsp3) is 0.238. The summed E-state index contributed by atoms with van der Waals surface area (Å²) < 4.78 is 0. The Labute approximate surface area is 142 Å². The third-order valence-electron chi connectivity index (χ3n) is 4.39. The van der Waals surface area contributed by atoms with Gasteiger partial charge in [-0.3, -0.25) is 0 Å². The van der Waals surface area contributed by atoms with E-state index in [0.717, 1.165) is 18.5 Å². The van der Waals surface area contributed by atoms with E-state index < -0.39 is 0 Å². The minimum atomic E-state index is 0.951. The molecule has 1 heterocycles. The van der Waals surface area contributed by atoms with Crippen molar-refractivity contribution in [3.8, 4) is 0 Å². The molecule has 0 fully saturated rings. The van der Waals surface area contributed by atoms with E-state index in [-0.39, 0.29) is 0 Å². The number of allylic oxidation sites excluding steroid dienone is 1. The van der Waals surface area contributed by atoms with Crippen LogP contribution in [-0.2, 0) is 6.42 Å². The maximum absolute atomic E-state index is 4.21. The lowest BCUT2D eigenvalue weighted by Crippen LogP contribution is -2.01. The van der Waals surface area contributed by atoms with Gasteiger partial charge in [0.2, 0.25) is 0 Å². The fourth-order valence-corrected chi connectivity index (χ4v) is 3.93. The minimum absolute atomic E-state index is 0.951. The molecule has 1 aromatic heterocycles. The second kappa shape index (κ2) is 6.59. The Balaban J connectivity index is 1.66. The first-order valence-electron chi connectivity index (χ1n) is 8.03. The van der Waals surface area contributed by atoms with E-state index in [2.05, 4.69) is 75.1 Å². The van der Waals surface area contributed by atoms with Crippen molar-refractivity contribution in [2.45, 2.75) is 33.6 Å². The molecule has 2 aromatic carbocycles. The Morgan fingerprint density at radius 2 is 1.74 bits per heavy atom. The van der Waals surface area contributed by atoms with Gasteiger partial charge in [-0.15, -0.1) is 11.3 Å². The number of hydrogen-bond donors (Lipinski definition) is 1. The van der Waals surface area contributed by atoms with Crippen molar-refractivity contribution >= 4 is 27.8 Å². The van der Waals surface area contributed by atoms with Crippen LogP contribution in [0.1, 0.15) is 27.3 Å². The monoisotopic (exact) mass is 321 g/mol. The van der Waals surface area contributed by atoms with Gasteiger partial charge in [0.15, 0.2) is 0 Å². The average Bonchev–Trinajstić information content (AvgIpc) is 2.79. The van der Waals surface area contributed by atoms with E-state index in [0.29, 0.717) is 0 Å². The molecule has 3 rings (SSSR count). The maximum Gasteiger partial charge on any atom is 0.0552 e. The normalized spacial score (nSPS) is 10.9. The molecule has 0 amide bonds. The molecule has 0 aliphatic heterocycles. The molecule has 0 saturated heterocycles. The Kier molecular flexibility index (Phi) is 4.53. The van der Waals surface area contributed by atoms with Crippen molar-refractivity contribution < 1.29 is 0 Å². The number of aryl methyl sites for hydroxylation is 3. The van der Waals surface area contributed by atoms with Crippen LogP contribution < -0.4 is 5.32 Å². The SMILES string of the molecule is C=C(CCc1ccc2ccccc2c1)Nc1c(C)sc(C)c1C. The molecule has 118 valence electrons. The lowest BCUT2D eigenvalue weighted by Gasteiger charge is -2.11. The van der Waals surface area contributed by atoms with Crippen LogP contribution in [0.15, 0.2) is 54.7 Å². The van der Waals surface area contributed by atoms with Crippen LogP contribution in [0.2, 0.25) is 0 Å². The Morgan fingerprint density at radius 1 is 1.00 bits per heavy atom. The van der Waals surface area contributed by atoms with Crippen molar-refractivity contribution in [1.29, 1.82) is 0 Å². The zero-order valence-electron chi connectivity index (χ0n) is 14.1. The maximum atomic E-state index is 4.21. The Bertz CT molecular complexity index is 857. The molecule has 1 N–H and O–H groups in total. The summed E-state index contributed by atoms with van der Waals surface area (Å²) in [4.78, 5) is 2.72. The van der Waals surface area contributed by atoms with Crippen molar-refractivity contribution in [1.82, 2.24) is 0 Å². The molecule has 1 nitrogen and oxygen atoms in total. The van der Waals surface area contributed by atoms with Crippen molar-refractivity contribution in [3.63, 3.8) is 0 Å². The number of rotatable bonds is 5. The van der Waals surface area contributed by atoms with Gasteiger partial charge in [-0.05, 0) is 55.5 Å². The Morgan fingerprint density at radius 3 is 2.43 bits per heavy atom. The molecule has 23 heavy (non-hydrogen) atoms. The third-order valence-corrected chi connectivity index (χ3v) is 5.52. The highest BCUT2D eigenvalue weighted by molar-refractivity contribution is 7.12. The van der Waals surface area contributed by atoms with Gasteiger partial charge in [0.25, 0.3) is 0 Å². The van der Waals surface area contributed by atoms with Crippen LogP contribution in [0.25, 0.3) is 10.8 Å². The molecule has 0 saturated carbocycles. The van der Waals surface area contributed by atoms with E-state index in [1.807, 2.05) is 11.3 Å². The van der Waals surface area contributed by atoms with Crippen LogP contribution in [-0.4, -0.2) is 0 Å². The van der Waals surface area contributed by atoms with Gasteiger partial charge in [0.1, 0.15) is 0 Å². The van der Waals surface area contributed by atoms with Gasteiger partial charge in [0.05, 0.1) is 5.69 Å². The molecular formula is C21H23NS. The van der Waals surface area contributed by atoms with E-state index in [1.165, 1.54) is 37.3 Å². The first kappa shape index (κ1) is 15.8. The van der Waals surface area contributed by atoms with Gasteiger partial charge >= 0.3 is 0 Å². The number of benzene rings is 2. The molecule has 0 aliphatic carbocycles. The van der Waals surface area contributed by atoms with Crippen molar-refractivity contribution in [2.24, 2.45) is 0 Å². The predicted octanol–water partition coefficient (Wildman–Crippen LogP) is 6.38. The summed E-state index contributed by atoms with van der Waals surface area (Å²) in [5.41, 5.74) is 5.04. The molecule has 0 radical (unpaired) electrons. The number of fused-ring (bicyclic) bond motifs is 1. The smallest absolute Gasteiger partial charge is 0.0552 e. The number of nitrogens with one attached hydrogen (secondary N) is 1.